The number of aliphatic hydroxyl groups is 1. The van der Waals surface area contributed by atoms with Gasteiger partial charge in [0.15, 0.2) is 0 Å². The van der Waals surface area contributed by atoms with Crippen LogP contribution in [0.4, 0.5) is 0 Å². The van der Waals surface area contributed by atoms with E-state index in [2.05, 4.69) is 100 Å². The topological polar surface area (TPSA) is 47.9 Å². The second kappa shape index (κ2) is 12.5. The first-order valence-electron chi connectivity index (χ1n) is 13.5. The first-order valence-corrected chi connectivity index (χ1v) is 15.4. The van der Waals surface area contributed by atoms with E-state index in [4.69, 9.17) is 13.9 Å². The van der Waals surface area contributed by atoms with Gasteiger partial charge in [-0.2, -0.15) is 0 Å². The van der Waals surface area contributed by atoms with Gasteiger partial charge in [0.1, 0.15) is 0 Å². The first-order chi connectivity index (χ1) is 17.8. The van der Waals surface area contributed by atoms with E-state index in [1.54, 1.807) is 0 Å². The quantitative estimate of drug-likeness (QED) is 0.369. The smallest absolute Gasteiger partial charge is 0.261 e. The van der Waals surface area contributed by atoms with E-state index in [0.717, 1.165) is 12.0 Å². The van der Waals surface area contributed by atoms with E-state index in [-0.39, 0.29) is 23.2 Å². The van der Waals surface area contributed by atoms with Crippen LogP contribution in [0.2, 0.25) is 5.04 Å². The fourth-order valence-corrected chi connectivity index (χ4v) is 10.1. The van der Waals surface area contributed by atoms with E-state index in [0.29, 0.717) is 26.2 Å². The Labute approximate surface area is 223 Å². The summed E-state index contributed by atoms with van der Waals surface area (Å²) < 4.78 is 19.5. The van der Waals surface area contributed by atoms with Crippen molar-refractivity contribution in [1.29, 1.82) is 0 Å². The minimum Gasteiger partial charge on any atom is -0.407 e. The Balaban J connectivity index is 1.44. The van der Waals surface area contributed by atoms with Crippen LogP contribution in [0.25, 0.3) is 0 Å². The Morgan fingerprint density at radius 3 is 1.95 bits per heavy atom. The molecule has 3 aromatic carbocycles. The van der Waals surface area contributed by atoms with Crippen LogP contribution in [0.15, 0.2) is 91.0 Å². The maximum absolute atomic E-state index is 10.8. The highest BCUT2D eigenvalue weighted by Gasteiger charge is 2.50. The molecule has 1 heterocycles. The number of rotatable bonds is 10. The van der Waals surface area contributed by atoms with Gasteiger partial charge in [-0.3, -0.25) is 0 Å². The van der Waals surface area contributed by atoms with Gasteiger partial charge < -0.3 is 19.0 Å². The molecule has 0 unspecified atom stereocenters. The zero-order chi connectivity index (χ0) is 26.3. The Kier molecular flexibility index (Phi) is 9.38. The van der Waals surface area contributed by atoms with Crippen molar-refractivity contribution < 1.29 is 19.0 Å². The Bertz CT molecular complexity index is 1030. The van der Waals surface area contributed by atoms with E-state index < -0.39 is 14.4 Å². The Morgan fingerprint density at radius 1 is 0.865 bits per heavy atom. The molecule has 1 fully saturated rings. The molecule has 1 aliphatic heterocycles. The van der Waals surface area contributed by atoms with Crippen molar-refractivity contribution in [3.05, 3.63) is 96.6 Å². The number of aliphatic hydroxyl groups excluding tert-OH is 1. The molecule has 1 saturated heterocycles. The molecule has 4 atom stereocenters. The van der Waals surface area contributed by atoms with Gasteiger partial charge in [-0.15, -0.1) is 0 Å². The molecule has 4 nitrogen and oxygen atoms in total. The molecule has 198 valence electrons. The summed E-state index contributed by atoms with van der Waals surface area (Å²) >= 11 is 0. The van der Waals surface area contributed by atoms with Crippen molar-refractivity contribution in [3.63, 3.8) is 0 Å². The predicted octanol–water partition coefficient (Wildman–Crippen LogP) is 5.32. The lowest BCUT2D eigenvalue weighted by Gasteiger charge is -2.44. The molecule has 0 amide bonds. The summed E-state index contributed by atoms with van der Waals surface area (Å²) in [5.41, 5.74) is 1.14. The lowest BCUT2D eigenvalue weighted by Crippen LogP contribution is -2.66. The van der Waals surface area contributed by atoms with Crippen LogP contribution in [0.3, 0.4) is 0 Å². The summed E-state index contributed by atoms with van der Waals surface area (Å²) in [6.45, 7) is 10.5. The minimum atomic E-state index is -2.58. The molecule has 0 radical (unpaired) electrons. The van der Waals surface area contributed by atoms with E-state index in [1.165, 1.54) is 10.4 Å². The molecule has 0 aliphatic carbocycles. The fraction of sp³-hybridized carbons (Fsp3) is 0.438. The lowest BCUT2D eigenvalue weighted by atomic mass is 9.90. The van der Waals surface area contributed by atoms with Crippen molar-refractivity contribution in [2.75, 3.05) is 13.2 Å². The average molecular weight is 519 g/mol. The van der Waals surface area contributed by atoms with Gasteiger partial charge in [0.25, 0.3) is 8.32 Å². The molecule has 1 aliphatic rings. The van der Waals surface area contributed by atoms with E-state index in [1.807, 2.05) is 18.2 Å². The Morgan fingerprint density at radius 2 is 1.41 bits per heavy atom. The van der Waals surface area contributed by atoms with Gasteiger partial charge in [-0.1, -0.05) is 119 Å². The standard InChI is InChI=1S/C32H42O4Si/c1-25-30(33)22-27(36-31(25)24-34-23-26-14-8-5-9-15-26)20-21-35-37(32(2,3)4,28-16-10-6-11-17-28)29-18-12-7-13-19-29/h5-19,25,27,30-31,33H,20-24H2,1-4H3/t25-,27-,30+,31+/m1/s1. The number of ether oxygens (including phenoxy) is 2. The summed E-state index contributed by atoms with van der Waals surface area (Å²) in [6, 6.07) is 31.6. The average Bonchev–Trinajstić information content (AvgIpc) is 2.90. The summed E-state index contributed by atoms with van der Waals surface area (Å²) in [5.74, 6) is 0.0321. The van der Waals surface area contributed by atoms with Gasteiger partial charge in [-0.25, -0.2) is 0 Å². The maximum atomic E-state index is 10.8. The van der Waals surface area contributed by atoms with Gasteiger partial charge in [0.05, 0.1) is 31.5 Å². The normalized spacial score (nSPS) is 22.6. The van der Waals surface area contributed by atoms with E-state index >= 15 is 0 Å². The number of hydrogen-bond acceptors (Lipinski definition) is 4. The molecule has 1 N–H and O–H groups in total. The zero-order valence-corrected chi connectivity index (χ0v) is 23.7. The van der Waals surface area contributed by atoms with Crippen LogP contribution < -0.4 is 10.4 Å². The van der Waals surface area contributed by atoms with Crippen LogP contribution >= 0.6 is 0 Å². The highest BCUT2D eigenvalue weighted by molar-refractivity contribution is 6.99. The molecule has 0 spiro atoms. The molecule has 5 heteroatoms. The summed E-state index contributed by atoms with van der Waals surface area (Å²) in [5, 5.41) is 13.3. The van der Waals surface area contributed by atoms with Gasteiger partial charge in [0.2, 0.25) is 0 Å². The van der Waals surface area contributed by atoms with E-state index in [9.17, 15) is 5.11 Å². The van der Waals surface area contributed by atoms with Crippen molar-refractivity contribution in [2.24, 2.45) is 5.92 Å². The van der Waals surface area contributed by atoms with Crippen LogP contribution in [0, 0.1) is 5.92 Å². The summed E-state index contributed by atoms with van der Waals surface area (Å²) in [7, 11) is -2.58. The molecule has 0 bridgehead atoms. The number of benzene rings is 3. The van der Waals surface area contributed by atoms with Crippen molar-refractivity contribution in [1.82, 2.24) is 0 Å². The molecule has 4 rings (SSSR count). The number of hydrogen-bond donors (Lipinski definition) is 1. The third kappa shape index (κ3) is 6.59. The third-order valence-electron chi connectivity index (χ3n) is 7.63. The molecule has 0 aromatic heterocycles. The largest absolute Gasteiger partial charge is 0.407 e. The Hall–Kier alpha value is -2.28. The second-order valence-corrected chi connectivity index (χ2v) is 15.6. The fourth-order valence-electron chi connectivity index (χ4n) is 5.51. The highest BCUT2D eigenvalue weighted by Crippen LogP contribution is 2.37. The monoisotopic (exact) mass is 518 g/mol. The lowest BCUT2D eigenvalue weighted by molar-refractivity contribution is -0.157. The molecule has 3 aromatic rings. The second-order valence-electron chi connectivity index (χ2n) is 11.3. The van der Waals surface area contributed by atoms with Crippen LogP contribution in [-0.2, 0) is 20.5 Å². The van der Waals surface area contributed by atoms with Gasteiger partial charge in [-0.05, 0) is 33.8 Å². The highest BCUT2D eigenvalue weighted by atomic mass is 28.4. The summed E-state index contributed by atoms with van der Waals surface area (Å²) in [6.07, 6.45) is 0.765. The molecule has 0 saturated carbocycles. The van der Waals surface area contributed by atoms with Gasteiger partial charge in [0, 0.05) is 12.5 Å². The van der Waals surface area contributed by atoms with Crippen LogP contribution in [-0.4, -0.2) is 44.9 Å². The third-order valence-corrected chi connectivity index (χ3v) is 12.7. The first kappa shape index (κ1) is 27.7. The predicted molar refractivity (Wildman–Crippen MR) is 153 cm³/mol. The van der Waals surface area contributed by atoms with Crippen molar-refractivity contribution >= 4 is 18.7 Å². The van der Waals surface area contributed by atoms with Gasteiger partial charge >= 0.3 is 0 Å². The minimum absolute atomic E-state index is 0.0321. The van der Waals surface area contributed by atoms with Crippen LogP contribution in [0.1, 0.15) is 46.1 Å². The van der Waals surface area contributed by atoms with Crippen molar-refractivity contribution in [3.8, 4) is 0 Å². The maximum Gasteiger partial charge on any atom is 0.261 e. The summed E-state index contributed by atoms with van der Waals surface area (Å²) in [4.78, 5) is 0. The zero-order valence-electron chi connectivity index (χ0n) is 22.7. The molecular formula is C32H42O4Si. The molecular weight excluding hydrogens is 476 g/mol. The SMILES string of the molecule is C[C@H]1[C@H](COCc2ccccc2)O[C@H](CCO[Si](c2ccccc2)(c2ccccc2)C(C)(C)C)C[C@@H]1O. The molecule has 37 heavy (non-hydrogen) atoms. The van der Waals surface area contributed by atoms with Crippen molar-refractivity contribution in [2.45, 2.75) is 70.5 Å². The van der Waals surface area contributed by atoms with Crippen LogP contribution in [0.5, 0.6) is 0 Å².